The van der Waals surface area contributed by atoms with E-state index in [0.29, 0.717) is 6.54 Å². The Morgan fingerprint density at radius 3 is 2.57 bits per heavy atom. The summed E-state index contributed by atoms with van der Waals surface area (Å²) in [6.07, 6.45) is 0. The Labute approximate surface area is 106 Å². The molecule has 4 nitrogen and oxygen atoms in total. The van der Waals surface area contributed by atoms with E-state index in [1.54, 1.807) is 19.2 Å². The van der Waals surface area contributed by atoms with Gasteiger partial charge < -0.3 is 9.87 Å². The van der Waals surface area contributed by atoms with Gasteiger partial charge >= 0.3 is 29.6 Å². The minimum Gasteiger partial charge on any atom is -0.744 e. The first-order valence-corrected chi connectivity index (χ1v) is 5.14. The number of hydrogen-bond acceptors (Lipinski definition) is 4. The van der Waals surface area contributed by atoms with Crippen LogP contribution >= 0.6 is 0 Å². The standard InChI is InChI=1S/C8H11NO3S.Na/c1-9-6-7-3-2-4-8(5-7)13(10,11)12;/h2-5,9H,6H2,1H3,(H,10,11,12);/q;+1/p-1. The molecule has 1 aromatic carbocycles. The average molecular weight is 223 g/mol. The van der Waals surface area contributed by atoms with E-state index >= 15 is 0 Å². The molecule has 72 valence electrons. The van der Waals surface area contributed by atoms with Crippen molar-refractivity contribution >= 4 is 10.1 Å². The van der Waals surface area contributed by atoms with E-state index < -0.39 is 10.1 Å². The summed E-state index contributed by atoms with van der Waals surface area (Å²) in [5.74, 6) is 0. The predicted octanol–water partition coefficient (Wildman–Crippen LogP) is -2.69. The van der Waals surface area contributed by atoms with E-state index in [1.165, 1.54) is 12.1 Å². The average Bonchev–Trinajstić information content (AvgIpc) is 2.04. The van der Waals surface area contributed by atoms with Gasteiger partial charge in [-0.2, -0.15) is 0 Å². The molecule has 6 heteroatoms. The molecule has 1 rings (SSSR count). The van der Waals surface area contributed by atoms with Crippen molar-refractivity contribution in [2.75, 3.05) is 7.05 Å². The quantitative estimate of drug-likeness (QED) is 0.447. The second-order valence-electron chi connectivity index (χ2n) is 2.63. The first-order chi connectivity index (χ1) is 6.04. The molecule has 0 unspecified atom stereocenters. The van der Waals surface area contributed by atoms with Gasteiger partial charge in [-0.3, -0.25) is 0 Å². The predicted molar refractivity (Wildman–Crippen MR) is 47.2 cm³/mol. The molecule has 0 amide bonds. The van der Waals surface area contributed by atoms with Crippen LogP contribution in [0, 0.1) is 0 Å². The fourth-order valence-electron chi connectivity index (χ4n) is 1.02. The van der Waals surface area contributed by atoms with Gasteiger partial charge in [-0.25, -0.2) is 8.42 Å². The van der Waals surface area contributed by atoms with Crippen LogP contribution in [0.15, 0.2) is 29.2 Å². The molecule has 0 aliphatic rings. The molecule has 0 heterocycles. The number of rotatable bonds is 3. The number of benzene rings is 1. The zero-order valence-electron chi connectivity index (χ0n) is 8.15. The zero-order chi connectivity index (χ0) is 9.90. The number of nitrogens with one attached hydrogen (secondary N) is 1. The molecule has 1 aromatic rings. The minimum atomic E-state index is -4.32. The first-order valence-electron chi connectivity index (χ1n) is 3.73. The maximum Gasteiger partial charge on any atom is 1.00 e. The van der Waals surface area contributed by atoms with E-state index in [9.17, 15) is 13.0 Å². The summed E-state index contributed by atoms with van der Waals surface area (Å²) in [7, 11) is -2.57. The summed E-state index contributed by atoms with van der Waals surface area (Å²) < 4.78 is 31.8. The van der Waals surface area contributed by atoms with E-state index in [0.717, 1.165) is 5.56 Å². The van der Waals surface area contributed by atoms with Gasteiger partial charge in [0.25, 0.3) is 0 Å². The Balaban J connectivity index is 0.00000169. The topological polar surface area (TPSA) is 69.2 Å². The van der Waals surface area contributed by atoms with Gasteiger partial charge in [0.15, 0.2) is 0 Å². The monoisotopic (exact) mass is 223 g/mol. The van der Waals surface area contributed by atoms with Crippen molar-refractivity contribution in [2.24, 2.45) is 0 Å². The molecule has 0 aliphatic carbocycles. The van der Waals surface area contributed by atoms with Crippen LogP contribution in [0.25, 0.3) is 0 Å². The summed E-state index contributed by atoms with van der Waals surface area (Å²) in [5, 5.41) is 2.87. The molecular formula is C8H10NNaO3S. The van der Waals surface area contributed by atoms with E-state index in [1.807, 2.05) is 0 Å². The molecule has 0 spiro atoms. The first kappa shape index (κ1) is 14.1. The normalized spacial score (nSPS) is 10.7. The van der Waals surface area contributed by atoms with Crippen LogP contribution in [0.5, 0.6) is 0 Å². The van der Waals surface area contributed by atoms with Crippen molar-refractivity contribution < 1.29 is 42.5 Å². The van der Waals surface area contributed by atoms with Gasteiger partial charge in [0.1, 0.15) is 10.1 Å². The molecule has 0 fully saturated rings. The molecule has 0 saturated carbocycles. The smallest absolute Gasteiger partial charge is 0.744 e. The molecular weight excluding hydrogens is 213 g/mol. The second kappa shape index (κ2) is 5.85. The number of hydrogen-bond donors (Lipinski definition) is 1. The van der Waals surface area contributed by atoms with E-state index in [2.05, 4.69) is 5.32 Å². The Hall–Kier alpha value is 0.0900. The molecule has 0 aliphatic heterocycles. The molecule has 14 heavy (non-hydrogen) atoms. The van der Waals surface area contributed by atoms with Gasteiger partial charge in [-0.15, -0.1) is 0 Å². The molecule has 1 N–H and O–H groups in total. The minimum absolute atomic E-state index is 0. The molecule has 0 bridgehead atoms. The van der Waals surface area contributed by atoms with Crippen LogP contribution in [-0.2, 0) is 16.7 Å². The van der Waals surface area contributed by atoms with Crippen molar-refractivity contribution in [3.05, 3.63) is 29.8 Å². The fourth-order valence-corrected chi connectivity index (χ4v) is 1.56. The Morgan fingerprint density at radius 2 is 2.07 bits per heavy atom. The third-order valence-electron chi connectivity index (χ3n) is 1.57. The van der Waals surface area contributed by atoms with Gasteiger partial charge in [0, 0.05) is 6.54 Å². The fraction of sp³-hybridized carbons (Fsp3) is 0.250. The Morgan fingerprint density at radius 1 is 1.43 bits per heavy atom. The third kappa shape index (κ3) is 4.08. The van der Waals surface area contributed by atoms with Gasteiger partial charge in [-0.1, -0.05) is 12.1 Å². The van der Waals surface area contributed by atoms with Crippen LogP contribution in [0.3, 0.4) is 0 Å². The Kier molecular flexibility index (Phi) is 5.88. The zero-order valence-corrected chi connectivity index (χ0v) is 11.0. The maximum absolute atomic E-state index is 10.6. The van der Waals surface area contributed by atoms with E-state index in [-0.39, 0.29) is 34.5 Å². The summed E-state index contributed by atoms with van der Waals surface area (Å²) in [6, 6.07) is 5.98. The molecule has 0 aromatic heterocycles. The van der Waals surface area contributed by atoms with Crippen LogP contribution in [0.2, 0.25) is 0 Å². The van der Waals surface area contributed by atoms with Gasteiger partial charge in [-0.05, 0) is 24.7 Å². The van der Waals surface area contributed by atoms with Crippen LogP contribution in [-0.4, -0.2) is 20.0 Å². The largest absolute Gasteiger partial charge is 1.00 e. The van der Waals surface area contributed by atoms with Crippen molar-refractivity contribution in [1.29, 1.82) is 0 Å². The SMILES string of the molecule is CNCc1cccc(S(=O)(=O)[O-])c1.[Na+]. The van der Waals surface area contributed by atoms with Crippen molar-refractivity contribution in [2.45, 2.75) is 11.4 Å². The van der Waals surface area contributed by atoms with Crippen LogP contribution < -0.4 is 34.9 Å². The van der Waals surface area contributed by atoms with Gasteiger partial charge in [0.05, 0.1) is 4.90 Å². The van der Waals surface area contributed by atoms with Crippen LogP contribution in [0.4, 0.5) is 0 Å². The van der Waals surface area contributed by atoms with Crippen molar-refractivity contribution in [3.8, 4) is 0 Å². The maximum atomic E-state index is 10.6. The molecule has 0 saturated heterocycles. The summed E-state index contributed by atoms with van der Waals surface area (Å²) in [6.45, 7) is 0.545. The summed E-state index contributed by atoms with van der Waals surface area (Å²) >= 11 is 0. The molecule has 0 atom stereocenters. The summed E-state index contributed by atoms with van der Waals surface area (Å²) in [4.78, 5) is -0.180. The third-order valence-corrected chi connectivity index (χ3v) is 2.40. The second-order valence-corrected chi connectivity index (χ2v) is 4.01. The van der Waals surface area contributed by atoms with Crippen LogP contribution in [0.1, 0.15) is 5.56 Å². The molecule has 0 radical (unpaired) electrons. The Bertz CT molecular complexity index is 391. The van der Waals surface area contributed by atoms with Crippen molar-refractivity contribution in [3.63, 3.8) is 0 Å². The van der Waals surface area contributed by atoms with Gasteiger partial charge in [0.2, 0.25) is 0 Å². The summed E-state index contributed by atoms with van der Waals surface area (Å²) in [5.41, 5.74) is 0.777. The van der Waals surface area contributed by atoms with E-state index in [4.69, 9.17) is 0 Å². The van der Waals surface area contributed by atoms with Crippen molar-refractivity contribution in [1.82, 2.24) is 5.32 Å².